The van der Waals surface area contributed by atoms with E-state index in [2.05, 4.69) is 224 Å². The van der Waals surface area contributed by atoms with E-state index in [0.29, 0.717) is 0 Å². The van der Waals surface area contributed by atoms with Crippen molar-refractivity contribution in [2.45, 2.75) is 32.7 Å². The average molecular weight is 760 g/mol. The van der Waals surface area contributed by atoms with E-state index in [-0.39, 0.29) is 6.04 Å². The molecular weight excluding hydrogens is 715 g/mol. The Morgan fingerprint density at radius 1 is 0.627 bits per heavy atom. The maximum Gasteiger partial charge on any atom is 0.134 e. The summed E-state index contributed by atoms with van der Waals surface area (Å²) in [5.74, 6) is 0.922. The van der Waals surface area contributed by atoms with Gasteiger partial charge in [-0.1, -0.05) is 158 Å². The molecule has 0 bridgehead atoms. The van der Waals surface area contributed by atoms with Crippen LogP contribution in [-0.2, 0) is 0 Å². The van der Waals surface area contributed by atoms with Crippen LogP contribution in [0.1, 0.15) is 49.4 Å². The third kappa shape index (κ3) is 6.75. The lowest BCUT2D eigenvalue weighted by Crippen LogP contribution is -2.31. The lowest BCUT2D eigenvalue weighted by molar-refractivity contribution is 0.779. The molecule has 8 aromatic rings. The molecule has 3 heteroatoms. The van der Waals surface area contributed by atoms with E-state index in [1.807, 2.05) is 0 Å². The highest BCUT2D eigenvalue weighted by atomic mass is 15.1. The summed E-state index contributed by atoms with van der Waals surface area (Å²) in [7, 11) is 0. The summed E-state index contributed by atoms with van der Waals surface area (Å²) >= 11 is 0. The first-order chi connectivity index (χ1) is 29.2. The zero-order chi connectivity index (χ0) is 39.7. The monoisotopic (exact) mass is 759 g/mol. The highest BCUT2D eigenvalue weighted by Gasteiger charge is 2.22. The number of nitrogens with one attached hydrogen (secondary N) is 1. The summed E-state index contributed by atoms with van der Waals surface area (Å²) in [4.78, 5) is 5.30. The van der Waals surface area contributed by atoms with E-state index in [1.54, 1.807) is 0 Å². The fraction of sp³-hybridized carbons (Fsp3) is 0.0893. The van der Waals surface area contributed by atoms with Gasteiger partial charge in [0.1, 0.15) is 5.84 Å². The van der Waals surface area contributed by atoms with Crippen LogP contribution in [0.3, 0.4) is 0 Å². The quantitative estimate of drug-likeness (QED) is 0.154. The number of fused-ring (bicyclic) bond motifs is 4. The maximum absolute atomic E-state index is 5.30. The van der Waals surface area contributed by atoms with Crippen molar-refractivity contribution in [3.8, 4) is 27.9 Å². The van der Waals surface area contributed by atoms with Crippen LogP contribution in [0.5, 0.6) is 0 Å². The maximum atomic E-state index is 5.30. The molecule has 10 rings (SSSR count). The van der Waals surface area contributed by atoms with Crippen LogP contribution in [0.25, 0.3) is 71.8 Å². The molecule has 284 valence electrons. The summed E-state index contributed by atoms with van der Waals surface area (Å²) in [6.45, 7) is 4.19. The SMILES string of the molecule is C/C=C\C(=C/C)c1ccc2c(c1)c1cc(-c3ccccc3)ccc1n2-c1cccc(-c2ccc(C3=CC(c4ccccc4)NC(C4=CCCC=C4)=N3)c3ccccc23)c1. The first kappa shape index (κ1) is 36.1. The van der Waals surface area contributed by atoms with E-state index >= 15 is 0 Å². The molecule has 0 fully saturated rings. The molecule has 59 heavy (non-hydrogen) atoms. The van der Waals surface area contributed by atoms with E-state index in [9.17, 15) is 0 Å². The topological polar surface area (TPSA) is 29.3 Å². The van der Waals surface area contributed by atoms with Crippen molar-refractivity contribution in [2.75, 3.05) is 0 Å². The van der Waals surface area contributed by atoms with Crippen LogP contribution in [0.4, 0.5) is 0 Å². The molecule has 0 radical (unpaired) electrons. The molecule has 3 nitrogen and oxygen atoms in total. The van der Waals surface area contributed by atoms with Gasteiger partial charge in [0, 0.05) is 27.6 Å². The van der Waals surface area contributed by atoms with Crippen molar-refractivity contribution in [1.29, 1.82) is 0 Å². The Bertz CT molecular complexity index is 3080. The number of rotatable bonds is 8. The number of benzene rings is 7. The number of aliphatic imine (C=N–C) groups is 1. The van der Waals surface area contributed by atoms with Crippen molar-refractivity contribution in [3.05, 3.63) is 223 Å². The van der Waals surface area contributed by atoms with Gasteiger partial charge in [0.25, 0.3) is 0 Å². The zero-order valence-corrected chi connectivity index (χ0v) is 33.4. The van der Waals surface area contributed by atoms with Gasteiger partial charge in [0.15, 0.2) is 0 Å². The predicted molar refractivity (Wildman–Crippen MR) is 252 cm³/mol. The second-order valence-electron chi connectivity index (χ2n) is 15.4. The summed E-state index contributed by atoms with van der Waals surface area (Å²) < 4.78 is 2.43. The number of amidine groups is 1. The van der Waals surface area contributed by atoms with Crippen LogP contribution in [0.2, 0.25) is 0 Å². The normalized spacial score (nSPS) is 15.7. The minimum atomic E-state index is 0.00353. The summed E-state index contributed by atoms with van der Waals surface area (Å²) in [5, 5.41) is 8.61. The minimum absolute atomic E-state index is 0.00353. The molecule has 1 aliphatic heterocycles. The molecular formula is C56H45N3. The minimum Gasteiger partial charge on any atom is -0.359 e. The highest BCUT2D eigenvalue weighted by Crippen LogP contribution is 2.40. The van der Waals surface area contributed by atoms with Gasteiger partial charge in [-0.15, -0.1) is 0 Å². The molecule has 0 spiro atoms. The third-order valence-electron chi connectivity index (χ3n) is 11.8. The van der Waals surface area contributed by atoms with Crippen LogP contribution in [0, 0.1) is 0 Å². The number of hydrogen-bond donors (Lipinski definition) is 1. The zero-order valence-electron chi connectivity index (χ0n) is 33.4. The Hall–Kier alpha value is -7.23. The average Bonchev–Trinajstić information content (AvgIpc) is 3.64. The van der Waals surface area contributed by atoms with Crippen LogP contribution in [0.15, 0.2) is 211 Å². The van der Waals surface area contributed by atoms with E-state index < -0.39 is 0 Å². The second kappa shape index (κ2) is 15.6. The molecule has 1 atom stereocenters. The smallest absolute Gasteiger partial charge is 0.134 e. The van der Waals surface area contributed by atoms with Crippen molar-refractivity contribution in [2.24, 2.45) is 4.99 Å². The van der Waals surface area contributed by atoms with Gasteiger partial charge in [-0.2, -0.15) is 0 Å². The second-order valence-corrected chi connectivity index (χ2v) is 15.4. The van der Waals surface area contributed by atoms with E-state index in [1.165, 1.54) is 71.5 Å². The van der Waals surface area contributed by atoms with Gasteiger partial charge in [-0.3, -0.25) is 0 Å². The van der Waals surface area contributed by atoms with Gasteiger partial charge in [0.2, 0.25) is 0 Å². The summed E-state index contributed by atoms with van der Waals surface area (Å²) in [6.07, 6.45) is 17.6. The van der Waals surface area contributed by atoms with E-state index in [4.69, 9.17) is 4.99 Å². The molecule has 2 aliphatic rings. The molecule has 0 amide bonds. The van der Waals surface area contributed by atoms with Crippen molar-refractivity contribution in [3.63, 3.8) is 0 Å². The first-order valence-electron chi connectivity index (χ1n) is 20.7. The third-order valence-corrected chi connectivity index (χ3v) is 11.8. The van der Waals surface area contributed by atoms with Gasteiger partial charge >= 0.3 is 0 Å². The van der Waals surface area contributed by atoms with Crippen molar-refractivity contribution in [1.82, 2.24) is 9.88 Å². The molecule has 1 aromatic heterocycles. The van der Waals surface area contributed by atoms with Crippen molar-refractivity contribution >= 4 is 49.7 Å². The Kier molecular flexibility index (Phi) is 9.56. The highest BCUT2D eigenvalue weighted by molar-refractivity contribution is 6.12. The van der Waals surface area contributed by atoms with Gasteiger partial charge in [-0.05, 0) is 119 Å². The fourth-order valence-electron chi connectivity index (χ4n) is 8.88. The lowest BCUT2D eigenvalue weighted by atomic mass is 9.92. The fourth-order valence-corrected chi connectivity index (χ4v) is 8.88. The molecule has 0 saturated heterocycles. The lowest BCUT2D eigenvalue weighted by Gasteiger charge is -2.26. The Labute approximate surface area is 346 Å². The predicted octanol–water partition coefficient (Wildman–Crippen LogP) is 14.6. The Morgan fingerprint density at radius 3 is 2.10 bits per heavy atom. The summed E-state index contributed by atoms with van der Waals surface area (Å²) in [5.41, 5.74) is 15.2. The Morgan fingerprint density at radius 2 is 1.34 bits per heavy atom. The van der Waals surface area contributed by atoms with Gasteiger partial charge in [0.05, 0.1) is 22.8 Å². The molecule has 1 unspecified atom stereocenters. The van der Waals surface area contributed by atoms with E-state index in [0.717, 1.165) is 41.2 Å². The molecule has 1 N–H and O–H groups in total. The van der Waals surface area contributed by atoms with Gasteiger partial charge < -0.3 is 9.88 Å². The molecule has 2 heterocycles. The van der Waals surface area contributed by atoms with Crippen LogP contribution >= 0.6 is 0 Å². The standard InChI is InChI=1S/C56H45N3/c1-3-17-38(4-2)42-28-32-54-50(35-42)51-36-43(39-18-8-5-9-19-39)29-33-55(51)59(54)45-25-16-24-44(34-45)46-30-31-49(48-27-15-14-26-47(46)48)53-37-52(40-20-10-6-11-21-40)57-56(58-53)41-22-12-7-13-23-41/h3-6,8-12,14-37,52H,7,13H2,1-2H3,(H,57,58)/b17-3-,38-4+. The van der Waals surface area contributed by atoms with Crippen LogP contribution in [-0.4, -0.2) is 10.4 Å². The van der Waals surface area contributed by atoms with Crippen LogP contribution < -0.4 is 5.32 Å². The number of aromatic nitrogens is 1. The largest absolute Gasteiger partial charge is 0.359 e. The first-order valence-corrected chi connectivity index (χ1v) is 20.7. The van der Waals surface area contributed by atoms with Crippen molar-refractivity contribution < 1.29 is 0 Å². The molecule has 1 aliphatic carbocycles. The number of hydrogen-bond acceptors (Lipinski definition) is 2. The van der Waals surface area contributed by atoms with Gasteiger partial charge in [-0.25, -0.2) is 4.99 Å². The molecule has 0 saturated carbocycles. The Balaban J connectivity index is 1.11. The summed E-state index contributed by atoms with van der Waals surface area (Å²) in [6, 6.07) is 57.6. The number of allylic oxidation sites excluding steroid dienone is 6. The molecule has 7 aromatic carbocycles. The number of nitrogens with zero attached hydrogens (tertiary/aromatic N) is 2.